The van der Waals surface area contributed by atoms with Gasteiger partial charge in [-0.15, -0.1) is 0 Å². The second-order valence-corrected chi connectivity index (χ2v) is 16.6. The summed E-state index contributed by atoms with van der Waals surface area (Å²) in [7, 11) is 0. The summed E-state index contributed by atoms with van der Waals surface area (Å²) in [4.78, 5) is 70.8. The molecule has 3 aliphatic rings. The molecule has 7 rings (SSSR count). The maximum absolute atomic E-state index is 13.8. The van der Waals surface area contributed by atoms with Crippen molar-refractivity contribution >= 4 is 58.5 Å². The lowest BCUT2D eigenvalue weighted by Crippen LogP contribution is -2.51. The molecular weight excluding hydrogens is 835 g/mol. The van der Waals surface area contributed by atoms with Gasteiger partial charge in [-0.25, -0.2) is 4.79 Å². The molecule has 3 heterocycles. The number of imide groups is 1. The fourth-order valence-electron chi connectivity index (χ4n) is 8.55. The zero-order valence-electron chi connectivity index (χ0n) is 36.8. The van der Waals surface area contributed by atoms with Gasteiger partial charge in [-0.3, -0.25) is 50.4 Å². The zero-order valence-corrected chi connectivity index (χ0v) is 36.8. The zero-order chi connectivity index (χ0) is 46.9. The quantitative estimate of drug-likeness (QED) is 0.0631. The van der Waals surface area contributed by atoms with E-state index in [4.69, 9.17) is 15.6 Å². The van der Waals surface area contributed by atoms with E-state index in [1.54, 1.807) is 47.1 Å². The van der Waals surface area contributed by atoms with Crippen LogP contribution in [0.2, 0.25) is 0 Å². The van der Waals surface area contributed by atoms with Crippen LogP contribution in [-0.4, -0.2) is 105 Å². The molecule has 2 atom stereocenters. The second-order valence-electron chi connectivity index (χ2n) is 16.6. The molecule has 4 aromatic carbocycles. The lowest BCUT2D eigenvalue weighted by Gasteiger charge is -2.36. The van der Waals surface area contributed by atoms with E-state index >= 15 is 0 Å². The molecule has 0 radical (unpaired) electrons. The molecule has 5 amide bonds. The maximum Gasteiger partial charge on any atom is 0.417 e. The van der Waals surface area contributed by atoms with E-state index in [1.165, 1.54) is 18.2 Å². The van der Waals surface area contributed by atoms with Gasteiger partial charge < -0.3 is 35.2 Å². The van der Waals surface area contributed by atoms with Crippen molar-refractivity contribution in [2.24, 2.45) is 0 Å². The van der Waals surface area contributed by atoms with Gasteiger partial charge in [-0.1, -0.05) is 26.0 Å². The van der Waals surface area contributed by atoms with Crippen molar-refractivity contribution in [1.29, 1.82) is 10.8 Å². The van der Waals surface area contributed by atoms with Crippen molar-refractivity contribution < 1.29 is 44.0 Å². The standard InChI is InChI=1S/C47H53N9O9/c1-6-50-44(61)42(49)56(41(48)33-22-32(25(2)3)37(57)23-38(33)58)29-12-10-28(11-13-29)45(62)54-18-16-53(17-19-54)30-20-26(4)40(27(5)21-30)65-47(64)51-35-9-7-8-31-34(35)24-55(46(31)63)36-14-15-39(59)52-43(36)60/h7-13,20-23,25,36,46,48-49,57-58,63H,6,14-19,24H2,1-5H3,(H,50,61)(H,51,64)(H,52,59,60). The van der Waals surface area contributed by atoms with Crippen LogP contribution >= 0.6 is 0 Å². The number of nitrogens with zero attached hydrogens (tertiary/aromatic N) is 4. The van der Waals surface area contributed by atoms with E-state index in [0.29, 0.717) is 59.9 Å². The van der Waals surface area contributed by atoms with Crippen LogP contribution in [0.5, 0.6) is 17.2 Å². The first-order valence-corrected chi connectivity index (χ1v) is 21.4. The van der Waals surface area contributed by atoms with Gasteiger partial charge in [0.25, 0.3) is 11.8 Å². The number of anilines is 3. The smallest absolute Gasteiger partial charge is 0.417 e. The average molecular weight is 888 g/mol. The highest BCUT2D eigenvalue weighted by molar-refractivity contribution is 6.48. The van der Waals surface area contributed by atoms with Gasteiger partial charge in [0.15, 0.2) is 5.84 Å². The Kier molecular flexibility index (Phi) is 13.2. The summed E-state index contributed by atoms with van der Waals surface area (Å²) < 4.78 is 5.83. The number of aryl methyl sites for hydroxylation is 2. The second kappa shape index (κ2) is 18.8. The summed E-state index contributed by atoms with van der Waals surface area (Å²) in [5.41, 5.74) is 5.04. The number of phenolic OH excluding ortho intramolecular Hbond substituents is 2. The molecule has 0 aliphatic carbocycles. The minimum atomic E-state index is -1.09. The van der Waals surface area contributed by atoms with E-state index in [9.17, 15) is 39.3 Å². The molecule has 8 N–H and O–H groups in total. The number of piperazine rings is 1. The SMILES string of the molecule is CCNC(=O)C(=N)N(C(=N)c1cc(C(C)C)c(O)cc1O)c1ccc(C(=O)N2CCN(c3cc(C)c(OC(=O)Nc4cccc5c4CN(C4CCC(=O)NC4=O)C5O)c(C)c3)CC2)cc1. The van der Waals surface area contributed by atoms with Gasteiger partial charge in [0.1, 0.15) is 29.3 Å². The van der Waals surface area contributed by atoms with Gasteiger partial charge in [0, 0.05) is 79.9 Å². The lowest BCUT2D eigenvalue weighted by atomic mass is 9.98. The van der Waals surface area contributed by atoms with Crippen LogP contribution in [0.25, 0.3) is 0 Å². The number of aromatic hydroxyl groups is 2. The molecule has 18 heteroatoms. The molecule has 0 spiro atoms. The van der Waals surface area contributed by atoms with Gasteiger partial charge >= 0.3 is 6.09 Å². The minimum absolute atomic E-state index is 0.00692. The predicted molar refractivity (Wildman–Crippen MR) is 243 cm³/mol. The van der Waals surface area contributed by atoms with Crippen LogP contribution < -0.4 is 30.5 Å². The number of amidine groups is 2. The molecule has 65 heavy (non-hydrogen) atoms. The predicted octanol–water partition coefficient (Wildman–Crippen LogP) is 4.97. The number of nitrogens with one attached hydrogen (secondary N) is 5. The Morgan fingerprint density at radius 1 is 0.938 bits per heavy atom. The monoisotopic (exact) mass is 887 g/mol. The summed E-state index contributed by atoms with van der Waals surface area (Å²) in [5, 5.41) is 57.6. The van der Waals surface area contributed by atoms with Crippen molar-refractivity contribution in [3.63, 3.8) is 0 Å². The number of rotatable bonds is 9. The van der Waals surface area contributed by atoms with E-state index in [2.05, 4.69) is 20.9 Å². The number of aliphatic hydroxyl groups excluding tert-OH is 1. The number of piperidine rings is 1. The summed E-state index contributed by atoms with van der Waals surface area (Å²) in [6, 6.07) is 17.1. The van der Waals surface area contributed by atoms with Crippen LogP contribution in [-0.2, 0) is 20.9 Å². The number of fused-ring (bicyclic) bond motifs is 1. The van der Waals surface area contributed by atoms with E-state index in [0.717, 1.165) is 27.8 Å². The number of carbonyl (C=O) groups excluding carboxylic acids is 5. The molecule has 4 aromatic rings. The number of amides is 5. The molecule has 2 saturated heterocycles. The molecule has 2 fully saturated rings. The van der Waals surface area contributed by atoms with Gasteiger partial charge in [0.2, 0.25) is 11.8 Å². The summed E-state index contributed by atoms with van der Waals surface area (Å²) >= 11 is 0. The van der Waals surface area contributed by atoms with Gasteiger partial charge in [0.05, 0.1) is 11.6 Å². The lowest BCUT2D eigenvalue weighted by molar-refractivity contribution is -0.141. The number of aliphatic hydroxyl groups is 1. The Hall–Kier alpha value is -7.31. The van der Waals surface area contributed by atoms with Crippen LogP contribution in [0.3, 0.4) is 0 Å². The van der Waals surface area contributed by atoms with Crippen molar-refractivity contribution in [2.45, 2.75) is 72.2 Å². The molecule has 0 saturated carbocycles. The number of benzene rings is 4. The summed E-state index contributed by atoms with van der Waals surface area (Å²) in [6.45, 7) is 11.4. The third-order valence-electron chi connectivity index (χ3n) is 12.0. The topological polar surface area (TPSA) is 252 Å². The fourth-order valence-corrected chi connectivity index (χ4v) is 8.55. The Morgan fingerprint density at radius 2 is 1.62 bits per heavy atom. The highest BCUT2D eigenvalue weighted by Crippen LogP contribution is 2.39. The number of hydrogen-bond acceptors (Lipinski definition) is 13. The molecule has 3 aliphatic heterocycles. The average Bonchev–Trinajstić information content (AvgIpc) is 3.61. The Labute approximate surface area is 375 Å². The van der Waals surface area contributed by atoms with Gasteiger partial charge in [-0.2, -0.15) is 0 Å². The van der Waals surface area contributed by atoms with Crippen molar-refractivity contribution in [3.05, 3.63) is 106 Å². The first-order valence-electron chi connectivity index (χ1n) is 21.4. The van der Waals surface area contributed by atoms with E-state index in [1.807, 2.05) is 39.8 Å². The summed E-state index contributed by atoms with van der Waals surface area (Å²) in [6.07, 6.45) is -1.37. The van der Waals surface area contributed by atoms with Crippen LogP contribution in [0, 0.1) is 24.7 Å². The maximum atomic E-state index is 13.8. The molecule has 0 bridgehead atoms. The molecule has 0 aromatic heterocycles. The Balaban J connectivity index is 0.984. The largest absolute Gasteiger partial charge is 0.508 e. The van der Waals surface area contributed by atoms with Crippen molar-refractivity contribution in [1.82, 2.24) is 20.4 Å². The third-order valence-corrected chi connectivity index (χ3v) is 12.0. The summed E-state index contributed by atoms with van der Waals surface area (Å²) in [5.74, 6) is -3.02. The minimum Gasteiger partial charge on any atom is -0.508 e. The van der Waals surface area contributed by atoms with Crippen LogP contribution in [0.1, 0.15) is 89.5 Å². The molecule has 340 valence electrons. The van der Waals surface area contributed by atoms with Gasteiger partial charge in [-0.05, 0) is 104 Å². The number of phenols is 2. The highest BCUT2D eigenvalue weighted by Gasteiger charge is 2.41. The first kappa shape index (κ1) is 45.7. The molecule has 2 unspecified atom stereocenters. The van der Waals surface area contributed by atoms with Crippen molar-refractivity contribution in [3.8, 4) is 17.2 Å². The van der Waals surface area contributed by atoms with Crippen LogP contribution in [0.15, 0.2) is 66.7 Å². The highest BCUT2D eigenvalue weighted by atomic mass is 16.6. The molecule has 18 nitrogen and oxygen atoms in total. The normalized spacial score (nSPS) is 17.3. The van der Waals surface area contributed by atoms with Crippen molar-refractivity contribution in [2.75, 3.05) is 47.8 Å². The third kappa shape index (κ3) is 9.35. The van der Waals surface area contributed by atoms with E-state index < -0.39 is 41.8 Å². The first-order chi connectivity index (χ1) is 31.0. The fraction of sp³-hybridized carbons (Fsp3) is 0.340. The van der Waals surface area contributed by atoms with E-state index in [-0.39, 0.29) is 66.5 Å². The number of carbonyl (C=O) groups is 5. The number of likely N-dealkylation sites (N-methyl/N-ethyl adjacent to an activating group) is 1. The number of hydrogen-bond donors (Lipinski definition) is 8. The van der Waals surface area contributed by atoms with Crippen LogP contribution in [0.4, 0.5) is 21.9 Å². The number of ether oxygens (including phenoxy) is 1. The Bertz CT molecular complexity index is 2570. The Morgan fingerprint density at radius 3 is 2.25 bits per heavy atom. The molecular formula is C47H53N9O9.